The molecule has 0 saturated carbocycles. The predicted octanol–water partition coefficient (Wildman–Crippen LogP) is 2.12. The quantitative estimate of drug-likeness (QED) is 0.486. The van der Waals surface area contributed by atoms with Crippen LogP contribution in [-0.4, -0.2) is 20.3 Å². The topological polar surface area (TPSA) is 88.8 Å². The van der Waals surface area contributed by atoms with Gasteiger partial charge >= 0.3 is 0 Å². The van der Waals surface area contributed by atoms with Gasteiger partial charge in [0.1, 0.15) is 0 Å². The van der Waals surface area contributed by atoms with Gasteiger partial charge in [-0.2, -0.15) is 0 Å². The van der Waals surface area contributed by atoms with E-state index in [1.807, 2.05) is 25.1 Å². The highest BCUT2D eigenvalue weighted by Crippen LogP contribution is 2.34. The van der Waals surface area contributed by atoms with Crippen LogP contribution in [0.3, 0.4) is 0 Å². The standard InChI is InChI=1S/C11H8N6O/c1-5-2-3-6-7(4-5)13-9-8(12-6)14-10-11(15-9)17-18-16-10/h2-4H,1H3,(H,12,14,16)(H,13,15,17). The minimum Gasteiger partial charge on any atom is -0.316 e. The van der Waals surface area contributed by atoms with Crippen LogP contribution in [0, 0.1) is 6.92 Å². The van der Waals surface area contributed by atoms with Gasteiger partial charge in [-0.25, -0.2) is 14.6 Å². The predicted molar refractivity (Wildman–Crippen MR) is 65.1 cm³/mol. The van der Waals surface area contributed by atoms with Gasteiger partial charge in [-0.15, -0.1) is 0 Å². The van der Waals surface area contributed by atoms with E-state index in [-0.39, 0.29) is 0 Å². The Labute approximate surface area is 101 Å². The molecule has 7 heteroatoms. The lowest BCUT2D eigenvalue weighted by Crippen LogP contribution is -2.09. The Kier molecular flexibility index (Phi) is 1.64. The summed E-state index contributed by atoms with van der Waals surface area (Å²) in [5, 5.41) is 13.5. The van der Waals surface area contributed by atoms with Crippen molar-refractivity contribution in [3.8, 4) is 0 Å². The molecule has 0 amide bonds. The number of aromatic nitrogens is 4. The number of nitrogens with zero attached hydrogens (tertiary/aromatic N) is 4. The van der Waals surface area contributed by atoms with Gasteiger partial charge < -0.3 is 10.6 Å². The summed E-state index contributed by atoms with van der Waals surface area (Å²) in [5.41, 5.74) is 2.81. The first-order valence-electron chi connectivity index (χ1n) is 5.44. The molecule has 0 bridgehead atoms. The van der Waals surface area contributed by atoms with Crippen LogP contribution >= 0.6 is 0 Å². The second kappa shape index (κ2) is 3.16. The maximum absolute atomic E-state index is 4.63. The van der Waals surface area contributed by atoms with Gasteiger partial charge in [-0.3, -0.25) is 0 Å². The summed E-state index contributed by atoms with van der Waals surface area (Å²) in [4.78, 5) is 9.00. The van der Waals surface area contributed by atoms with Crippen LogP contribution in [0.1, 0.15) is 5.56 Å². The Morgan fingerprint density at radius 1 is 0.889 bits per heavy atom. The van der Waals surface area contributed by atoms with Gasteiger partial charge in [-0.05, 0) is 34.9 Å². The molecule has 1 aromatic carbocycles. The van der Waals surface area contributed by atoms with Crippen molar-refractivity contribution in [2.75, 3.05) is 10.6 Å². The molecular formula is C11H8N6O. The summed E-state index contributed by atoms with van der Waals surface area (Å²) >= 11 is 0. The lowest BCUT2D eigenvalue weighted by atomic mass is 10.2. The molecule has 0 spiro atoms. The Balaban J connectivity index is 1.94. The molecule has 2 aromatic heterocycles. The van der Waals surface area contributed by atoms with Crippen LogP contribution in [0.25, 0.3) is 11.0 Å². The van der Waals surface area contributed by atoms with Gasteiger partial charge in [0.05, 0.1) is 11.0 Å². The number of aryl methyl sites for hydroxylation is 1. The van der Waals surface area contributed by atoms with Gasteiger partial charge in [-0.1, -0.05) is 6.07 Å². The van der Waals surface area contributed by atoms with Crippen LogP contribution in [-0.2, 0) is 0 Å². The molecule has 2 N–H and O–H groups in total. The highest BCUT2D eigenvalue weighted by atomic mass is 16.6. The van der Waals surface area contributed by atoms with E-state index in [0.717, 1.165) is 16.6 Å². The van der Waals surface area contributed by atoms with Crippen LogP contribution in [0.15, 0.2) is 22.8 Å². The Morgan fingerprint density at radius 3 is 2.28 bits per heavy atom. The van der Waals surface area contributed by atoms with Crippen LogP contribution in [0.2, 0.25) is 0 Å². The number of benzene rings is 1. The molecule has 3 heterocycles. The molecule has 18 heavy (non-hydrogen) atoms. The second-order valence-electron chi connectivity index (χ2n) is 4.12. The fourth-order valence-corrected chi connectivity index (χ4v) is 1.92. The van der Waals surface area contributed by atoms with Gasteiger partial charge in [0, 0.05) is 0 Å². The average molecular weight is 240 g/mol. The maximum atomic E-state index is 4.63. The molecule has 0 saturated heterocycles. The minimum atomic E-state index is 0.517. The van der Waals surface area contributed by atoms with Crippen molar-refractivity contribution in [3.05, 3.63) is 23.8 Å². The molecular weight excluding hydrogens is 232 g/mol. The minimum absolute atomic E-state index is 0.517. The molecule has 0 aliphatic carbocycles. The van der Waals surface area contributed by atoms with E-state index in [1.165, 1.54) is 0 Å². The van der Waals surface area contributed by atoms with E-state index in [4.69, 9.17) is 0 Å². The summed E-state index contributed by atoms with van der Waals surface area (Å²) < 4.78 is 4.63. The van der Waals surface area contributed by atoms with Crippen molar-refractivity contribution in [1.29, 1.82) is 0 Å². The van der Waals surface area contributed by atoms with Gasteiger partial charge in [0.2, 0.25) is 11.6 Å². The Morgan fingerprint density at radius 2 is 1.56 bits per heavy atom. The number of hydrogen-bond acceptors (Lipinski definition) is 7. The van der Waals surface area contributed by atoms with Crippen molar-refractivity contribution in [2.45, 2.75) is 6.92 Å². The normalized spacial score (nSPS) is 12.5. The Bertz CT molecular complexity index is 765. The molecule has 7 nitrogen and oxygen atoms in total. The van der Waals surface area contributed by atoms with E-state index in [2.05, 4.69) is 35.5 Å². The molecule has 1 aliphatic heterocycles. The summed E-state index contributed by atoms with van der Waals surface area (Å²) in [6, 6.07) is 5.93. The van der Waals surface area contributed by atoms with Crippen molar-refractivity contribution < 1.29 is 4.63 Å². The smallest absolute Gasteiger partial charge is 0.221 e. The van der Waals surface area contributed by atoms with E-state index < -0.39 is 0 Å². The van der Waals surface area contributed by atoms with E-state index >= 15 is 0 Å². The maximum Gasteiger partial charge on any atom is 0.221 e. The first-order chi connectivity index (χ1) is 8.79. The zero-order chi connectivity index (χ0) is 12.1. The molecule has 0 atom stereocenters. The molecule has 88 valence electrons. The van der Waals surface area contributed by atoms with Crippen molar-refractivity contribution in [1.82, 2.24) is 20.3 Å². The fraction of sp³-hybridized carbons (Fsp3) is 0.0909. The third kappa shape index (κ3) is 1.24. The Hall–Kier alpha value is -2.70. The van der Waals surface area contributed by atoms with Crippen LogP contribution in [0.4, 0.5) is 23.3 Å². The number of nitrogens with one attached hydrogen (secondary N) is 2. The largest absolute Gasteiger partial charge is 0.316 e. The van der Waals surface area contributed by atoms with Crippen molar-refractivity contribution in [3.63, 3.8) is 0 Å². The third-order valence-electron chi connectivity index (χ3n) is 2.78. The monoisotopic (exact) mass is 240 g/mol. The molecule has 1 aliphatic rings. The summed E-state index contributed by atoms with van der Waals surface area (Å²) in [6.07, 6.45) is 0. The summed E-state index contributed by atoms with van der Waals surface area (Å²) in [6.45, 7) is 2.02. The third-order valence-corrected chi connectivity index (χ3v) is 2.78. The zero-order valence-corrected chi connectivity index (χ0v) is 9.43. The molecule has 4 rings (SSSR count). The van der Waals surface area contributed by atoms with E-state index in [1.54, 1.807) is 0 Å². The fourth-order valence-electron chi connectivity index (χ4n) is 1.92. The number of hydrogen-bond donors (Lipinski definition) is 2. The lowest BCUT2D eigenvalue weighted by Gasteiger charge is -2.15. The molecule has 0 unspecified atom stereocenters. The average Bonchev–Trinajstić information content (AvgIpc) is 2.80. The SMILES string of the molecule is Cc1ccc2nc3c(nc2c1)Nc1nonc1N3. The summed E-state index contributed by atoms with van der Waals surface area (Å²) in [5.74, 6) is 2.28. The summed E-state index contributed by atoms with van der Waals surface area (Å²) in [7, 11) is 0. The first-order valence-corrected chi connectivity index (χ1v) is 5.44. The van der Waals surface area contributed by atoms with Crippen molar-refractivity contribution in [2.24, 2.45) is 0 Å². The second-order valence-corrected chi connectivity index (χ2v) is 4.12. The molecule has 0 radical (unpaired) electrons. The van der Waals surface area contributed by atoms with Crippen LogP contribution in [0.5, 0.6) is 0 Å². The molecule has 0 fully saturated rings. The van der Waals surface area contributed by atoms with E-state index in [0.29, 0.717) is 23.3 Å². The molecule has 3 aromatic rings. The first kappa shape index (κ1) is 9.34. The zero-order valence-electron chi connectivity index (χ0n) is 9.43. The van der Waals surface area contributed by atoms with Gasteiger partial charge in [0.15, 0.2) is 11.6 Å². The number of anilines is 4. The lowest BCUT2D eigenvalue weighted by molar-refractivity contribution is 0.311. The highest BCUT2D eigenvalue weighted by Gasteiger charge is 2.21. The van der Waals surface area contributed by atoms with Crippen molar-refractivity contribution >= 4 is 34.3 Å². The van der Waals surface area contributed by atoms with Gasteiger partial charge in [0.25, 0.3) is 0 Å². The van der Waals surface area contributed by atoms with Crippen LogP contribution < -0.4 is 10.6 Å². The van der Waals surface area contributed by atoms with E-state index in [9.17, 15) is 0 Å². The highest BCUT2D eigenvalue weighted by molar-refractivity contribution is 5.87. The number of fused-ring (bicyclic) bond motifs is 3. The number of rotatable bonds is 0.